The van der Waals surface area contributed by atoms with Crippen LogP contribution < -0.4 is 5.32 Å². The predicted molar refractivity (Wildman–Crippen MR) is 96.6 cm³/mol. The minimum absolute atomic E-state index is 0.0277. The highest BCUT2D eigenvalue weighted by Crippen LogP contribution is 2.31. The van der Waals surface area contributed by atoms with Crippen molar-refractivity contribution in [3.63, 3.8) is 0 Å². The lowest BCUT2D eigenvalue weighted by molar-refractivity contribution is 0.0945. The van der Waals surface area contributed by atoms with Gasteiger partial charge in [-0.1, -0.05) is 23.2 Å². The molecule has 0 saturated carbocycles. The number of rotatable bonds is 3. The van der Waals surface area contributed by atoms with E-state index in [1.54, 1.807) is 42.2 Å². The van der Waals surface area contributed by atoms with Gasteiger partial charge in [-0.25, -0.2) is 4.98 Å². The van der Waals surface area contributed by atoms with Crippen LogP contribution in [0.4, 0.5) is 0 Å². The van der Waals surface area contributed by atoms with Crippen LogP contribution in [0.5, 0.6) is 0 Å². The van der Waals surface area contributed by atoms with E-state index in [0.29, 0.717) is 37.9 Å². The zero-order valence-corrected chi connectivity index (χ0v) is 15.0. The molecule has 24 heavy (non-hydrogen) atoms. The molecule has 3 rings (SSSR count). The number of aryl methyl sites for hydroxylation is 1. The molecule has 1 amide bonds. The molecule has 0 aliphatic heterocycles. The Hall–Kier alpha value is -2.11. The van der Waals surface area contributed by atoms with E-state index in [-0.39, 0.29) is 11.9 Å². The minimum atomic E-state index is -0.170. The molecule has 3 aromatic rings. The van der Waals surface area contributed by atoms with Crippen molar-refractivity contribution in [1.82, 2.24) is 20.1 Å². The Morgan fingerprint density at radius 1 is 1.25 bits per heavy atom. The number of aromatic nitrogens is 3. The molecular weight excluding hydrogens is 347 g/mol. The quantitative estimate of drug-likeness (QED) is 0.763. The van der Waals surface area contributed by atoms with Crippen LogP contribution in [0.1, 0.15) is 24.2 Å². The molecule has 124 valence electrons. The first-order valence-electron chi connectivity index (χ1n) is 7.46. The van der Waals surface area contributed by atoms with Crippen LogP contribution in [-0.2, 0) is 7.05 Å². The Morgan fingerprint density at radius 3 is 2.67 bits per heavy atom. The molecule has 1 aromatic carbocycles. The normalized spacial score (nSPS) is 11.2. The second-order valence-electron chi connectivity index (χ2n) is 5.81. The van der Waals surface area contributed by atoms with Gasteiger partial charge >= 0.3 is 0 Å². The van der Waals surface area contributed by atoms with Crippen LogP contribution in [0.2, 0.25) is 10.0 Å². The highest BCUT2D eigenvalue weighted by molar-refractivity contribution is 6.36. The number of amides is 1. The zero-order chi connectivity index (χ0) is 17.4. The smallest absolute Gasteiger partial charge is 0.252 e. The maximum atomic E-state index is 12.6. The third-order valence-corrected chi connectivity index (χ3v) is 4.12. The fourth-order valence-electron chi connectivity index (χ4n) is 2.48. The number of nitrogens with one attached hydrogen (secondary N) is 1. The van der Waals surface area contributed by atoms with Gasteiger partial charge in [-0.2, -0.15) is 5.10 Å². The Morgan fingerprint density at radius 2 is 2.00 bits per heavy atom. The summed E-state index contributed by atoms with van der Waals surface area (Å²) >= 11 is 12.3. The van der Waals surface area contributed by atoms with E-state index in [4.69, 9.17) is 23.2 Å². The molecule has 2 heterocycles. The van der Waals surface area contributed by atoms with Gasteiger partial charge in [-0.15, -0.1) is 0 Å². The van der Waals surface area contributed by atoms with Crippen molar-refractivity contribution in [2.24, 2.45) is 7.05 Å². The van der Waals surface area contributed by atoms with Crippen LogP contribution in [0.25, 0.3) is 22.3 Å². The lowest BCUT2D eigenvalue weighted by Crippen LogP contribution is -2.30. The van der Waals surface area contributed by atoms with E-state index in [9.17, 15) is 4.79 Å². The van der Waals surface area contributed by atoms with Crippen molar-refractivity contribution in [1.29, 1.82) is 0 Å². The topological polar surface area (TPSA) is 59.8 Å². The first-order valence-corrected chi connectivity index (χ1v) is 8.21. The largest absolute Gasteiger partial charge is 0.350 e. The van der Waals surface area contributed by atoms with E-state index in [1.165, 1.54) is 0 Å². The fourth-order valence-corrected chi connectivity index (χ4v) is 2.98. The van der Waals surface area contributed by atoms with E-state index < -0.39 is 0 Å². The van der Waals surface area contributed by atoms with Gasteiger partial charge in [0.2, 0.25) is 0 Å². The summed E-state index contributed by atoms with van der Waals surface area (Å²) in [7, 11) is 1.78. The monoisotopic (exact) mass is 362 g/mol. The lowest BCUT2D eigenvalue weighted by atomic mass is 10.1. The molecule has 0 saturated heterocycles. The van der Waals surface area contributed by atoms with Crippen molar-refractivity contribution < 1.29 is 4.79 Å². The van der Waals surface area contributed by atoms with Gasteiger partial charge < -0.3 is 5.32 Å². The summed E-state index contributed by atoms with van der Waals surface area (Å²) < 4.78 is 1.63. The van der Waals surface area contributed by atoms with Gasteiger partial charge in [0.15, 0.2) is 5.65 Å². The maximum absolute atomic E-state index is 12.6. The van der Waals surface area contributed by atoms with Crippen LogP contribution in [0.3, 0.4) is 0 Å². The second-order valence-corrected chi connectivity index (χ2v) is 6.66. The molecule has 0 spiro atoms. The summed E-state index contributed by atoms with van der Waals surface area (Å²) in [6.07, 6.45) is 1.64. The van der Waals surface area contributed by atoms with Crippen molar-refractivity contribution in [3.8, 4) is 11.3 Å². The molecule has 1 N–H and O–H groups in total. The predicted octanol–water partition coefficient (Wildman–Crippen LogP) is 4.08. The molecule has 0 atom stereocenters. The zero-order valence-electron chi connectivity index (χ0n) is 13.5. The lowest BCUT2D eigenvalue weighted by Gasteiger charge is -2.11. The Labute approximate surface area is 149 Å². The van der Waals surface area contributed by atoms with Crippen LogP contribution in [0.15, 0.2) is 30.5 Å². The van der Waals surface area contributed by atoms with Gasteiger partial charge in [0.25, 0.3) is 5.91 Å². The van der Waals surface area contributed by atoms with Gasteiger partial charge in [-0.3, -0.25) is 9.48 Å². The number of nitrogens with zero attached hydrogens (tertiary/aromatic N) is 3. The Kier molecular flexibility index (Phi) is 4.47. The number of halogens is 2. The van der Waals surface area contributed by atoms with Crippen LogP contribution in [0, 0.1) is 0 Å². The summed E-state index contributed by atoms with van der Waals surface area (Å²) in [5.74, 6) is -0.170. The number of carbonyl (C=O) groups is 1. The summed E-state index contributed by atoms with van der Waals surface area (Å²) in [4.78, 5) is 17.2. The van der Waals surface area contributed by atoms with Gasteiger partial charge in [0, 0.05) is 23.7 Å². The molecule has 0 fully saturated rings. The average molecular weight is 363 g/mol. The molecule has 0 aliphatic rings. The summed E-state index contributed by atoms with van der Waals surface area (Å²) in [5, 5.41) is 8.84. The fraction of sp³-hybridized carbons (Fsp3) is 0.235. The number of pyridine rings is 1. The number of carbonyl (C=O) groups excluding carboxylic acids is 1. The second kappa shape index (κ2) is 6.42. The third kappa shape index (κ3) is 3.09. The minimum Gasteiger partial charge on any atom is -0.350 e. The number of fused-ring (bicyclic) bond motifs is 1. The number of hydrogen-bond acceptors (Lipinski definition) is 3. The molecular formula is C17H16Cl2N4O. The summed E-state index contributed by atoms with van der Waals surface area (Å²) in [6, 6.07) is 6.95. The van der Waals surface area contributed by atoms with Crippen molar-refractivity contribution in [2.45, 2.75) is 19.9 Å². The van der Waals surface area contributed by atoms with Crippen molar-refractivity contribution in [2.75, 3.05) is 0 Å². The van der Waals surface area contributed by atoms with E-state index in [1.807, 2.05) is 13.8 Å². The standard InChI is InChI=1S/C17H16Cl2N4O/c1-9(2)21-17(24)12-7-15(11-5-4-10(18)6-14(11)19)22-16-13(12)8-20-23(16)3/h4-9H,1-3H3,(H,21,24). The van der Waals surface area contributed by atoms with Crippen molar-refractivity contribution >= 4 is 40.1 Å². The van der Waals surface area contributed by atoms with Gasteiger partial charge in [0.05, 0.1) is 27.9 Å². The maximum Gasteiger partial charge on any atom is 0.252 e. The molecule has 0 unspecified atom stereocenters. The average Bonchev–Trinajstić information content (AvgIpc) is 2.87. The molecule has 0 aliphatic carbocycles. The van der Waals surface area contributed by atoms with Gasteiger partial charge in [-0.05, 0) is 38.1 Å². The van der Waals surface area contributed by atoms with Gasteiger partial charge in [0.1, 0.15) is 0 Å². The van der Waals surface area contributed by atoms with Crippen molar-refractivity contribution in [3.05, 3.63) is 46.1 Å². The summed E-state index contributed by atoms with van der Waals surface area (Å²) in [6.45, 7) is 3.83. The summed E-state index contributed by atoms with van der Waals surface area (Å²) in [5.41, 5.74) is 2.44. The molecule has 7 heteroatoms. The number of benzene rings is 1. The number of hydrogen-bond donors (Lipinski definition) is 1. The molecule has 0 bridgehead atoms. The first kappa shape index (κ1) is 16.7. The Balaban J connectivity index is 2.22. The first-order chi connectivity index (χ1) is 11.4. The van der Waals surface area contributed by atoms with E-state index in [2.05, 4.69) is 15.4 Å². The van der Waals surface area contributed by atoms with Crippen LogP contribution >= 0.6 is 23.2 Å². The highest BCUT2D eigenvalue weighted by Gasteiger charge is 2.18. The molecule has 0 radical (unpaired) electrons. The SMILES string of the molecule is CC(C)NC(=O)c1cc(-c2ccc(Cl)cc2Cl)nc2c1cnn2C. The molecule has 2 aromatic heterocycles. The Bertz CT molecular complexity index is 934. The molecule has 5 nitrogen and oxygen atoms in total. The highest BCUT2D eigenvalue weighted by atomic mass is 35.5. The van der Waals surface area contributed by atoms with Crippen LogP contribution in [-0.4, -0.2) is 26.7 Å². The third-order valence-electron chi connectivity index (χ3n) is 3.58. The van der Waals surface area contributed by atoms with E-state index >= 15 is 0 Å². The van der Waals surface area contributed by atoms with E-state index in [0.717, 1.165) is 0 Å².